The molecule has 1 saturated heterocycles. The van der Waals surface area contributed by atoms with Crippen molar-refractivity contribution in [3.05, 3.63) is 42.1 Å². The van der Waals surface area contributed by atoms with Crippen molar-refractivity contribution in [3.63, 3.8) is 0 Å². The number of benzene rings is 1. The molecule has 3 rings (SSSR count). The highest BCUT2D eigenvalue weighted by Crippen LogP contribution is 2.18. The van der Waals surface area contributed by atoms with Gasteiger partial charge in [-0.2, -0.15) is 4.98 Å². The minimum atomic E-state index is 0.0339. The van der Waals surface area contributed by atoms with Crippen molar-refractivity contribution < 1.29 is 9.53 Å². The molecule has 114 valence electrons. The van der Waals surface area contributed by atoms with Crippen LogP contribution in [0.5, 0.6) is 0 Å². The predicted molar refractivity (Wildman–Crippen MR) is 84.8 cm³/mol. The molecule has 0 spiro atoms. The standard InChI is InChI=1S/C16H18N4O2/c1-12(21)13-3-2-4-14(11-13)18-16-17-6-5-15(19-16)20-7-9-22-10-8-20/h2-6,11H,7-10H2,1H3,(H,17,18,19). The summed E-state index contributed by atoms with van der Waals surface area (Å²) in [5.74, 6) is 1.43. The molecule has 6 heteroatoms. The zero-order valence-electron chi connectivity index (χ0n) is 12.5. The van der Waals surface area contributed by atoms with Gasteiger partial charge in [-0.15, -0.1) is 0 Å². The summed E-state index contributed by atoms with van der Waals surface area (Å²) >= 11 is 0. The minimum Gasteiger partial charge on any atom is -0.378 e. The summed E-state index contributed by atoms with van der Waals surface area (Å²) in [4.78, 5) is 22.4. The summed E-state index contributed by atoms with van der Waals surface area (Å²) in [5, 5.41) is 3.15. The molecule has 1 N–H and O–H groups in total. The van der Waals surface area contributed by atoms with E-state index in [1.165, 1.54) is 0 Å². The average molecular weight is 298 g/mol. The van der Waals surface area contributed by atoms with E-state index in [0.29, 0.717) is 24.7 Å². The number of anilines is 3. The lowest BCUT2D eigenvalue weighted by Gasteiger charge is -2.27. The number of rotatable bonds is 4. The summed E-state index contributed by atoms with van der Waals surface area (Å²) in [6.07, 6.45) is 1.73. The molecule has 6 nitrogen and oxygen atoms in total. The summed E-state index contributed by atoms with van der Waals surface area (Å²) < 4.78 is 5.35. The summed E-state index contributed by atoms with van der Waals surface area (Å²) in [6.45, 7) is 4.64. The number of hydrogen-bond acceptors (Lipinski definition) is 6. The highest BCUT2D eigenvalue weighted by atomic mass is 16.5. The van der Waals surface area contributed by atoms with Gasteiger partial charge in [0.25, 0.3) is 0 Å². The van der Waals surface area contributed by atoms with Crippen molar-refractivity contribution in [2.75, 3.05) is 36.5 Å². The smallest absolute Gasteiger partial charge is 0.229 e. The van der Waals surface area contributed by atoms with E-state index in [-0.39, 0.29) is 5.78 Å². The lowest BCUT2D eigenvalue weighted by atomic mass is 10.1. The summed E-state index contributed by atoms with van der Waals surface area (Å²) in [5.41, 5.74) is 1.46. The molecule has 0 unspecified atom stereocenters. The van der Waals surface area contributed by atoms with Crippen LogP contribution in [0.2, 0.25) is 0 Å². The molecule has 1 fully saturated rings. The zero-order valence-corrected chi connectivity index (χ0v) is 12.5. The van der Waals surface area contributed by atoms with Crippen molar-refractivity contribution in [1.82, 2.24) is 9.97 Å². The molecular weight excluding hydrogens is 280 g/mol. The number of Topliss-reactive ketones (excluding diaryl/α,β-unsaturated/α-hetero) is 1. The molecule has 0 bridgehead atoms. The third kappa shape index (κ3) is 3.40. The van der Waals surface area contributed by atoms with E-state index in [4.69, 9.17) is 4.74 Å². The molecule has 22 heavy (non-hydrogen) atoms. The largest absolute Gasteiger partial charge is 0.378 e. The van der Waals surface area contributed by atoms with Gasteiger partial charge in [0.15, 0.2) is 5.78 Å². The molecule has 0 aliphatic carbocycles. The topological polar surface area (TPSA) is 67.4 Å². The second-order valence-corrected chi connectivity index (χ2v) is 5.10. The van der Waals surface area contributed by atoms with Gasteiger partial charge in [-0.1, -0.05) is 12.1 Å². The zero-order chi connectivity index (χ0) is 15.4. The van der Waals surface area contributed by atoms with Crippen molar-refractivity contribution in [1.29, 1.82) is 0 Å². The van der Waals surface area contributed by atoms with E-state index in [2.05, 4.69) is 20.2 Å². The van der Waals surface area contributed by atoms with Crippen LogP contribution in [0.25, 0.3) is 0 Å². The number of carbonyl (C=O) groups is 1. The van der Waals surface area contributed by atoms with Crippen LogP contribution >= 0.6 is 0 Å². The first-order valence-corrected chi connectivity index (χ1v) is 7.26. The number of morpholine rings is 1. The Kier molecular flexibility index (Phi) is 4.29. The van der Waals surface area contributed by atoms with Gasteiger partial charge in [0.2, 0.25) is 5.95 Å². The van der Waals surface area contributed by atoms with E-state index in [1.54, 1.807) is 25.3 Å². The van der Waals surface area contributed by atoms with Gasteiger partial charge in [-0.05, 0) is 25.1 Å². The van der Waals surface area contributed by atoms with Crippen LogP contribution in [0.1, 0.15) is 17.3 Å². The lowest BCUT2D eigenvalue weighted by molar-refractivity contribution is 0.101. The van der Waals surface area contributed by atoms with Gasteiger partial charge >= 0.3 is 0 Å². The molecule has 1 aliphatic rings. The number of hydrogen-bond donors (Lipinski definition) is 1. The molecule has 0 radical (unpaired) electrons. The second-order valence-electron chi connectivity index (χ2n) is 5.10. The number of ether oxygens (including phenoxy) is 1. The Labute approximate surface area is 129 Å². The fraction of sp³-hybridized carbons (Fsp3) is 0.312. The van der Waals surface area contributed by atoms with Crippen molar-refractivity contribution in [3.8, 4) is 0 Å². The second kappa shape index (κ2) is 6.53. The Morgan fingerprint density at radius 3 is 2.86 bits per heavy atom. The molecule has 1 aromatic heterocycles. The van der Waals surface area contributed by atoms with Crippen molar-refractivity contribution >= 4 is 23.2 Å². The van der Waals surface area contributed by atoms with Gasteiger partial charge in [-0.3, -0.25) is 4.79 Å². The Balaban J connectivity index is 1.77. The number of aromatic nitrogens is 2. The first-order valence-electron chi connectivity index (χ1n) is 7.26. The number of nitrogens with one attached hydrogen (secondary N) is 1. The van der Waals surface area contributed by atoms with Crippen LogP contribution in [0.15, 0.2) is 36.5 Å². The van der Waals surface area contributed by atoms with E-state index >= 15 is 0 Å². The quantitative estimate of drug-likeness (QED) is 0.873. The monoisotopic (exact) mass is 298 g/mol. The highest BCUT2D eigenvalue weighted by molar-refractivity contribution is 5.95. The maximum Gasteiger partial charge on any atom is 0.229 e. The summed E-state index contributed by atoms with van der Waals surface area (Å²) in [6, 6.07) is 9.20. The van der Waals surface area contributed by atoms with Crippen LogP contribution in [0.4, 0.5) is 17.5 Å². The van der Waals surface area contributed by atoms with Crippen molar-refractivity contribution in [2.45, 2.75) is 6.92 Å². The normalized spacial score (nSPS) is 14.7. The predicted octanol–water partition coefficient (Wildman–Crippen LogP) is 2.26. The number of ketones is 1. The Bertz CT molecular complexity index is 669. The molecule has 0 saturated carbocycles. The van der Waals surface area contributed by atoms with E-state index in [1.807, 2.05) is 18.2 Å². The maximum absolute atomic E-state index is 11.4. The lowest BCUT2D eigenvalue weighted by Crippen LogP contribution is -2.36. The number of nitrogens with zero attached hydrogens (tertiary/aromatic N) is 3. The van der Waals surface area contributed by atoms with Gasteiger partial charge < -0.3 is 15.0 Å². The van der Waals surface area contributed by atoms with Crippen LogP contribution in [0, 0.1) is 0 Å². The van der Waals surface area contributed by atoms with Crippen molar-refractivity contribution in [2.24, 2.45) is 0 Å². The average Bonchev–Trinajstić information content (AvgIpc) is 2.56. The molecule has 0 atom stereocenters. The van der Waals surface area contributed by atoms with Crippen LogP contribution in [-0.2, 0) is 4.74 Å². The van der Waals surface area contributed by atoms with Gasteiger partial charge in [0.05, 0.1) is 13.2 Å². The molecular formula is C16H18N4O2. The minimum absolute atomic E-state index is 0.0339. The van der Waals surface area contributed by atoms with Crippen LogP contribution in [0.3, 0.4) is 0 Å². The Hall–Kier alpha value is -2.47. The molecule has 0 amide bonds. The molecule has 2 aromatic rings. The Morgan fingerprint density at radius 2 is 2.09 bits per heavy atom. The van der Waals surface area contributed by atoms with Crippen LogP contribution in [-0.4, -0.2) is 42.1 Å². The van der Waals surface area contributed by atoms with Crippen LogP contribution < -0.4 is 10.2 Å². The fourth-order valence-electron chi connectivity index (χ4n) is 2.32. The first kappa shape index (κ1) is 14.5. The third-order valence-corrected chi connectivity index (χ3v) is 3.50. The van der Waals surface area contributed by atoms with E-state index in [9.17, 15) is 4.79 Å². The summed E-state index contributed by atoms with van der Waals surface area (Å²) in [7, 11) is 0. The maximum atomic E-state index is 11.4. The van der Waals surface area contributed by atoms with Gasteiger partial charge in [0.1, 0.15) is 5.82 Å². The Morgan fingerprint density at radius 1 is 1.27 bits per heavy atom. The molecule has 1 aromatic carbocycles. The highest BCUT2D eigenvalue weighted by Gasteiger charge is 2.13. The van der Waals surface area contributed by atoms with E-state index < -0.39 is 0 Å². The third-order valence-electron chi connectivity index (χ3n) is 3.50. The number of carbonyl (C=O) groups excluding carboxylic acids is 1. The van der Waals surface area contributed by atoms with Gasteiger partial charge in [0, 0.05) is 30.5 Å². The van der Waals surface area contributed by atoms with E-state index in [0.717, 1.165) is 24.6 Å². The molecule has 2 heterocycles. The molecule has 1 aliphatic heterocycles. The van der Waals surface area contributed by atoms with Gasteiger partial charge in [-0.25, -0.2) is 4.98 Å². The fourth-order valence-corrected chi connectivity index (χ4v) is 2.32. The SMILES string of the molecule is CC(=O)c1cccc(Nc2nccc(N3CCOCC3)n2)c1. The first-order chi connectivity index (χ1) is 10.7.